The molecule has 0 spiro atoms. The van der Waals surface area contributed by atoms with Gasteiger partial charge in [0.25, 0.3) is 0 Å². The van der Waals surface area contributed by atoms with E-state index in [-0.39, 0.29) is 0 Å². The minimum absolute atomic E-state index is 0.580. The number of aryl methyl sites for hydroxylation is 1. The quantitative estimate of drug-likeness (QED) is 0.827. The number of thiocarbonyl (C=S) groups is 1. The molecule has 2 aromatic rings. The normalized spacial score (nSPS) is 9.95. The van der Waals surface area contributed by atoms with Crippen LogP contribution in [0.2, 0.25) is 0 Å². The zero-order valence-electron chi connectivity index (χ0n) is 13.0. The molecule has 0 unspecified atom stereocenters. The monoisotopic (exact) mass is 316 g/mol. The fourth-order valence-electron chi connectivity index (χ4n) is 2.03. The van der Waals surface area contributed by atoms with Crippen molar-refractivity contribution in [3.63, 3.8) is 0 Å². The van der Waals surface area contributed by atoms with Gasteiger partial charge in [0, 0.05) is 12.2 Å². The molecule has 0 bridgehead atoms. The summed E-state index contributed by atoms with van der Waals surface area (Å²) >= 11 is 5.33. The van der Waals surface area contributed by atoms with Crippen molar-refractivity contribution in [1.82, 2.24) is 5.32 Å². The van der Waals surface area contributed by atoms with E-state index in [4.69, 9.17) is 21.7 Å². The maximum absolute atomic E-state index is 5.33. The van der Waals surface area contributed by atoms with Gasteiger partial charge in [0.2, 0.25) is 0 Å². The molecule has 0 aliphatic heterocycles. The highest BCUT2D eigenvalue weighted by Crippen LogP contribution is 2.21. The lowest BCUT2D eigenvalue weighted by Crippen LogP contribution is -2.28. The summed E-state index contributed by atoms with van der Waals surface area (Å²) in [6, 6.07) is 13.7. The van der Waals surface area contributed by atoms with Gasteiger partial charge in [-0.15, -0.1) is 0 Å². The summed E-state index contributed by atoms with van der Waals surface area (Å²) in [5, 5.41) is 6.96. The fourth-order valence-corrected chi connectivity index (χ4v) is 2.22. The van der Waals surface area contributed by atoms with Crippen LogP contribution in [0.5, 0.6) is 11.5 Å². The van der Waals surface area contributed by atoms with Gasteiger partial charge in [-0.1, -0.05) is 12.1 Å². The average Bonchev–Trinajstić information content (AvgIpc) is 2.55. The Hall–Kier alpha value is -2.27. The molecule has 0 amide bonds. The van der Waals surface area contributed by atoms with Gasteiger partial charge in [-0.2, -0.15) is 0 Å². The molecule has 5 heteroatoms. The Bertz CT molecular complexity index is 659. The van der Waals surface area contributed by atoms with E-state index in [1.54, 1.807) is 14.2 Å². The Morgan fingerprint density at radius 3 is 2.45 bits per heavy atom. The Morgan fingerprint density at radius 1 is 1.05 bits per heavy atom. The summed E-state index contributed by atoms with van der Waals surface area (Å²) in [6.45, 7) is 2.65. The molecular formula is C17H20N2O2S. The molecule has 0 saturated heterocycles. The first-order valence-electron chi connectivity index (χ1n) is 6.95. The molecule has 0 saturated carbocycles. The third-order valence-corrected chi connectivity index (χ3v) is 3.52. The predicted octanol–water partition coefficient (Wildman–Crippen LogP) is 3.50. The van der Waals surface area contributed by atoms with Crippen LogP contribution in [0.3, 0.4) is 0 Å². The van der Waals surface area contributed by atoms with Crippen molar-refractivity contribution in [2.45, 2.75) is 13.5 Å². The lowest BCUT2D eigenvalue weighted by Gasteiger charge is -2.13. The number of hydrogen-bond donors (Lipinski definition) is 2. The molecule has 22 heavy (non-hydrogen) atoms. The fraction of sp³-hybridized carbons (Fsp3) is 0.235. The van der Waals surface area contributed by atoms with Gasteiger partial charge < -0.3 is 20.1 Å². The number of methoxy groups -OCH3 is 2. The lowest BCUT2D eigenvalue weighted by atomic mass is 10.2. The van der Waals surface area contributed by atoms with Crippen molar-refractivity contribution >= 4 is 23.0 Å². The topological polar surface area (TPSA) is 42.5 Å². The molecule has 0 aliphatic carbocycles. The van der Waals surface area contributed by atoms with Crippen LogP contribution in [-0.4, -0.2) is 19.3 Å². The van der Waals surface area contributed by atoms with Gasteiger partial charge in [-0.25, -0.2) is 0 Å². The number of rotatable bonds is 5. The van der Waals surface area contributed by atoms with Crippen LogP contribution < -0.4 is 20.1 Å². The minimum Gasteiger partial charge on any atom is -0.497 e. The van der Waals surface area contributed by atoms with Crippen LogP contribution in [0.15, 0.2) is 42.5 Å². The van der Waals surface area contributed by atoms with Gasteiger partial charge in [0.15, 0.2) is 5.11 Å². The zero-order chi connectivity index (χ0) is 15.9. The van der Waals surface area contributed by atoms with Crippen LogP contribution in [0.1, 0.15) is 11.1 Å². The van der Waals surface area contributed by atoms with Gasteiger partial charge in [-0.05, 0) is 60.6 Å². The highest BCUT2D eigenvalue weighted by Gasteiger charge is 2.03. The van der Waals surface area contributed by atoms with Gasteiger partial charge in [-0.3, -0.25) is 0 Å². The molecule has 116 valence electrons. The van der Waals surface area contributed by atoms with E-state index in [2.05, 4.69) is 10.6 Å². The van der Waals surface area contributed by atoms with Gasteiger partial charge >= 0.3 is 0 Å². The van der Waals surface area contributed by atoms with E-state index in [0.29, 0.717) is 11.7 Å². The second-order valence-corrected chi connectivity index (χ2v) is 5.25. The molecule has 4 nitrogen and oxygen atoms in total. The van der Waals surface area contributed by atoms with Crippen LogP contribution in [0.4, 0.5) is 5.69 Å². The number of nitrogens with one attached hydrogen (secondary N) is 2. The number of benzene rings is 2. The largest absolute Gasteiger partial charge is 0.497 e. The van der Waals surface area contributed by atoms with E-state index in [9.17, 15) is 0 Å². The van der Waals surface area contributed by atoms with Gasteiger partial charge in [0.05, 0.1) is 14.2 Å². The first-order valence-corrected chi connectivity index (χ1v) is 7.35. The molecule has 2 N–H and O–H groups in total. The van der Waals surface area contributed by atoms with Crippen LogP contribution in [0, 0.1) is 6.92 Å². The van der Waals surface area contributed by atoms with E-state index in [0.717, 1.165) is 28.3 Å². The van der Waals surface area contributed by atoms with Gasteiger partial charge in [0.1, 0.15) is 11.5 Å². The Kier molecular flexibility index (Phi) is 5.61. The second-order valence-electron chi connectivity index (χ2n) is 4.84. The Balaban J connectivity index is 1.92. The molecule has 0 heterocycles. The molecule has 2 rings (SSSR count). The highest BCUT2D eigenvalue weighted by atomic mass is 32.1. The van der Waals surface area contributed by atoms with E-state index < -0.39 is 0 Å². The molecular weight excluding hydrogens is 296 g/mol. The highest BCUT2D eigenvalue weighted by molar-refractivity contribution is 7.80. The third-order valence-electron chi connectivity index (χ3n) is 3.27. The maximum Gasteiger partial charge on any atom is 0.171 e. The summed E-state index contributed by atoms with van der Waals surface area (Å²) in [4.78, 5) is 0. The second kappa shape index (κ2) is 7.66. The van der Waals surface area contributed by atoms with Crippen LogP contribution in [0.25, 0.3) is 0 Å². The molecule has 0 radical (unpaired) electrons. The van der Waals surface area contributed by atoms with Crippen molar-refractivity contribution < 1.29 is 9.47 Å². The summed E-state index contributed by atoms with van der Waals surface area (Å²) in [5.41, 5.74) is 3.14. The lowest BCUT2D eigenvalue weighted by molar-refractivity contribution is 0.414. The summed E-state index contributed by atoms with van der Waals surface area (Å²) in [7, 11) is 3.31. The van der Waals surface area contributed by atoms with Crippen molar-refractivity contribution in [2.24, 2.45) is 0 Å². The minimum atomic E-state index is 0.580. The standard InChI is InChI=1S/C17H20N2O2S/c1-12-9-15(21-3)7-8-16(12)19-17(22)18-11-13-5-4-6-14(10-13)20-2/h4-10H,11H2,1-3H3,(H2,18,19,22). The van der Waals surface area contributed by atoms with Crippen LogP contribution >= 0.6 is 12.2 Å². The molecule has 2 aromatic carbocycles. The first-order chi connectivity index (χ1) is 10.6. The van der Waals surface area contributed by atoms with Crippen LogP contribution in [-0.2, 0) is 6.54 Å². The third kappa shape index (κ3) is 4.36. The Morgan fingerprint density at radius 2 is 1.77 bits per heavy atom. The number of hydrogen-bond acceptors (Lipinski definition) is 3. The maximum atomic E-state index is 5.33. The van der Waals surface area contributed by atoms with E-state index in [1.165, 1.54) is 0 Å². The number of anilines is 1. The van der Waals surface area contributed by atoms with Crippen molar-refractivity contribution in [3.05, 3.63) is 53.6 Å². The summed E-state index contributed by atoms with van der Waals surface area (Å²) in [6.07, 6.45) is 0. The number of ether oxygens (including phenoxy) is 2. The average molecular weight is 316 g/mol. The van der Waals surface area contributed by atoms with Crippen molar-refractivity contribution in [2.75, 3.05) is 19.5 Å². The molecule has 0 aromatic heterocycles. The van der Waals surface area contributed by atoms with Crippen molar-refractivity contribution in [1.29, 1.82) is 0 Å². The van der Waals surface area contributed by atoms with E-state index in [1.807, 2.05) is 49.4 Å². The predicted molar refractivity (Wildman–Crippen MR) is 93.8 cm³/mol. The molecule has 0 atom stereocenters. The van der Waals surface area contributed by atoms with E-state index >= 15 is 0 Å². The first kappa shape index (κ1) is 16.1. The smallest absolute Gasteiger partial charge is 0.171 e. The zero-order valence-corrected chi connectivity index (χ0v) is 13.8. The molecule has 0 aliphatic rings. The summed E-state index contributed by atoms with van der Waals surface area (Å²) in [5.74, 6) is 1.67. The SMILES string of the molecule is COc1cccc(CNC(=S)Nc2ccc(OC)cc2C)c1. The Labute approximate surface area is 136 Å². The molecule has 0 fully saturated rings. The summed E-state index contributed by atoms with van der Waals surface area (Å²) < 4.78 is 10.4. The van der Waals surface area contributed by atoms with Crippen molar-refractivity contribution in [3.8, 4) is 11.5 Å².